The first-order valence-corrected chi connectivity index (χ1v) is 6.32. The second-order valence-corrected chi connectivity index (χ2v) is 6.59. The van der Waals surface area contributed by atoms with E-state index < -0.39 is 0 Å². The van der Waals surface area contributed by atoms with Crippen LogP contribution in [0.15, 0.2) is 0 Å². The van der Waals surface area contributed by atoms with Crippen LogP contribution in [0.4, 0.5) is 0 Å². The molecule has 0 aromatic rings. The van der Waals surface area contributed by atoms with Gasteiger partial charge in [-0.2, -0.15) is 0 Å². The van der Waals surface area contributed by atoms with Gasteiger partial charge in [-0.1, -0.05) is 60.8 Å². The molecular formula is C14H28. The predicted octanol–water partition coefficient (Wildman–Crippen LogP) is 4.89. The molecule has 0 heteroatoms. The summed E-state index contributed by atoms with van der Waals surface area (Å²) in [5.74, 6) is 1.72. The van der Waals surface area contributed by atoms with Gasteiger partial charge in [0.2, 0.25) is 0 Å². The van der Waals surface area contributed by atoms with Crippen LogP contribution in [-0.4, -0.2) is 0 Å². The Morgan fingerprint density at radius 1 is 1.14 bits per heavy atom. The lowest BCUT2D eigenvalue weighted by Crippen LogP contribution is -2.47. The average molecular weight is 196 g/mol. The van der Waals surface area contributed by atoms with Gasteiger partial charge in [0, 0.05) is 0 Å². The zero-order valence-electron chi connectivity index (χ0n) is 11.0. The van der Waals surface area contributed by atoms with E-state index in [4.69, 9.17) is 0 Å². The summed E-state index contributed by atoms with van der Waals surface area (Å²) in [6.45, 7) is 14.6. The fraction of sp³-hybridized carbons (Fsp3) is 1.00. The highest BCUT2D eigenvalue weighted by atomic mass is 14.5. The van der Waals surface area contributed by atoms with Gasteiger partial charge in [0.15, 0.2) is 0 Å². The molecule has 0 spiro atoms. The highest BCUT2D eigenvalue weighted by Crippen LogP contribution is 2.57. The van der Waals surface area contributed by atoms with Gasteiger partial charge in [0.25, 0.3) is 0 Å². The van der Waals surface area contributed by atoms with Gasteiger partial charge in [0.05, 0.1) is 0 Å². The van der Waals surface area contributed by atoms with E-state index in [2.05, 4.69) is 41.5 Å². The Bertz CT molecular complexity index is 185. The molecule has 0 bridgehead atoms. The van der Waals surface area contributed by atoms with Crippen LogP contribution in [0.2, 0.25) is 0 Å². The second kappa shape index (κ2) is 3.87. The molecule has 0 amide bonds. The van der Waals surface area contributed by atoms with Crippen LogP contribution in [0, 0.1) is 22.7 Å². The Morgan fingerprint density at radius 2 is 1.71 bits per heavy atom. The standard InChI is InChI=1S/C14H28/c1-11(2)14(13(4,5)6)10-8-7-9-12(14)3/h11-12H,7-10H2,1-6H3. The predicted molar refractivity (Wildman–Crippen MR) is 64.4 cm³/mol. The van der Waals surface area contributed by atoms with Crippen molar-refractivity contribution in [1.29, 1.82) is 0 Å². The zero-order valence-corrected chi connectivity index (χ0v) is 11.0. The number of hydrogen-bond donors (Lipinski definition) is 0. The number of hydrogen-bond acceptors (Lipinski definition) is 0. The maximum absolute atomic E-state index is 2.48. The van der Waals surface area contributed by atoms with E-state index >= 15 is 0 Å². The molecule has 1 rings (SSSR count). The third kappa shape index (κ3) is 1.73. The van der Waals surface area contributed by atoms with Crippen LogP contribution >= 0.6 is 0 Å². The maximum atomic E-state index is 2.48. The molecule has 0 aromatic carbocycles. The molecule has 2 unspecified atom stereocenters. The molecule has 1 aliphatic rings. The van der Waals surface area contributed by atoms with Crippen LogP contribution in [0.5, 0.6) is 0 Å². The van der Waals surface area contributed by atoms with E-state index in [0.29, 0.717) is 10.8 Å². The van der Waals surface area contributed by atoms with Gasteiger partial charge in [-0.05, 0) is 29.1 Å². The van der Waals surface area contributed by atoms with Crippen molar-refractivity contribution in [2.45, 2.75) is 67.2 Å². The van der Waals surface area contributed by atoms with E-state index in [1.807, 2.05) is 0 Å². The maximum Gasteiger partial charge on any atom is -0.0200 e. The summed E-state index contributed by atoms with van der Waals surface area (Å²) in [7, 11) is 0. The highest BCUT2D eigenvalue weighted by molar-refractivity contribution is 4.97. The molecule has 0 radical (unpaired) electrons. The normalized spacial score (nSPS) is 34.9. The van der Waals surface area contributed by atoms with Crippen LogP contribution in [0.3, 0.4) is 0 Å². The lowest BCUT2D eigenvalue weighted by molar-refractivity contribution is -0.0564. The lowest BCUT2D eigenvalue weighted by atomic mass is 9.50. The van der Waals surface area contributed by atoms with Gasteiger partial charge in [-0.3, -0.25) is 0 Å². The molecule has 0 saturated heterocycles. The van der Waals surface area contributed by atoms with Crippen molar-refractivity contribution in [3.8, 4) is 0 Å². The first-order valence-electron chi connectivity index (χ1n) is 6.32. The molecule has 1 aliphatic carbocycles. The molecule has 0 aromatic heterocycles. The Kier molecular flexibility index (Phi) is 3.33. The molecular weight excluding hydrogens is 168 g/mol. The van der Waals surface area contributed by atoms with Crippen molar-refractivity contribution in [2.75, 3.05) is 0 Å². The summed E-state index contributed by atoms with van der Waals surface area (Å²) < 4.78 is 0. The van der Waals surface area contributed by atoms with Gasteiger partial charge in [-0.15, -0.1) is 0 Å². The minimum absolute atomic E-state index is 0.459. The Morgan fingerprint density at radius 3 is 2.00 bits per heavy atom. The fourth-order valence-electron chi connectivity index (χ4n) is 4.21. The Hall–Kier alpha value is 0. The highest BCUT2D eigenvalue weighted by Gasteiger charge is 2.48. The van der Waals surface area contributed by atoms with Crippen molar-refractivity contribution in [2.24, 2.45) is 22.7 Å². The van der Waals surface area contributed by atoms with Crippen LogP contribution in [0.1, 0.15) is 67.2 Å². The summed E-state index contributed by atoms with van der Waals surface area (Å²) in [5, 5.41) is 0. The average Bonchev–Trinajstić information content (AvgIpc) is 2.02. The number of rotatable bonds is 1. The molecule has 14 heavy (non-hydrogen) atoms. The second-order valence-electron chi connectivity index (χ2n) is 6.59. The first kappa shape index (κ1) is 12.1. The minimum atomic E-state index is 0.459. The summed E-state index contributed by atoms with van der Waals surface area (Å²) in [6, 6.07) is 0. The lowest BCUT2D eigenvalue weighted by Gasteiger charge is -2.55. The third-order valence-electron chi connectivity index (χ3n) is 4.78. The molecule has 1 saturated carbocycles. The van der Waals surface area contributed by atoms with E-state index in [1.165, 1.54) is 25.7 Å². The van der Waals surface area contributed by atoms with Crippen molar-refractivity contribution in [1.82, 2.24) is 0 Å². The van der Waals surface area contributed by atoms with Gasteiger partial charge in [-0.25, -0.2) is 0 Å². The first-order chi connectivity index (χ1) is 6.32. The van der Waals surface area contributed by atoms with E-state index in [9.17, 15) is 0 Å². The van der Waals surface area contributed by atoms with Gasteiger partial charge in [0.1, 0.15) is 0 Å². The van der Waals surface area contributed by atoms with Crippen molar-refractivity contribution in [3.63, 3.8) is 0 Å². The van der Waals surface area contributed by atoms with Crippen LogP contribution in [-0.2, 0) is 0 Å². The smallest absolute Gasteiger partial charge is 0.0200 e. The van der Waals surface area contributed by atoms with Crippen molar-refractivity contribution in [3.05, 3.63) is 0 Å². The van der Waals surface area contributed by atoms with Gasteiger partial charge >= 0.3 is 0 Å². The van der Waals surface area contributed by atoms with Crippen molar-refractivity contribution >= 4 is 0 Å². The van der Waals surface area contributed by atoms with E-state index in [1.54, 1.807) is 0 Å². The zero-order chi connectivity index (χ0) is 11.0. The third-order valence-corrected chi connectivity index (χ3v) is 4.78. The Labute approximate surface area is 90.5 Å². The van der Waals surface area contributed by atoms with Crippen LogP contribution in [0.25, 0.3) is 0 Å². The summed E-state index contributed by atoms with van der Waals surface area (Å²) >= 11 is 0. The molecule has 0 heterocycles. The monoisotopic (exact) mass is 196 g/mol. The minimum Gasteiger partial charge on any atom is -0.0622 e. The summed E-state index contributed by atoms with van der Waals surface area (Å²) in [5.41, 5.74) is 1.03. The van der Waals surface area contributed by atoms with Crippen LogP contribution < -0.4 is 0 Å². The van der Waals surface area contributed by atoms with Crippen molar-refractivity contribution < 1.29 is 0 Å². The van der Waals surface area contributed by atoms with Gasteiger partial charge < -0.3 is 0 Å². The molecule has 0 aliphatic heterocycles. The molecule has 0 N–H and O–H groups in total. The summed E-state index contributed by atoms with van der Waals surface area (Å²) in [4.78, 5) is 0. The van der Waals surface area contributed by atoms with E-state index in [-0.39, 0.29) is 0 Å². The fourth-order valence-corrected chi connectivity index (χ4v) is 4.21. The SMILES string of the molecule is CC(C)C1(C(C)(C)C)CCCCC1C. The van der Waals surface area contributed by atoms with E-state index in [0.717, 1.165) is 11.8 Å². The molecule has 1 fully saturated rings. The molecule has 0 nitrogen and oxygen atoms in total. The quantitative estimate of drug-likeness (QED) is 0.560. The molecule has 2 atom stereocenters. The summed E-state index contributed by atoms with van der Waals surface area (Å²) in [6.07, 6.45) is 5.77. The topological polar surface area (TPSA) is 0 Å². The largest absolute Gasteiger partial charge is 0.0622 e. The molecule has 84 valence electrons. The Balaban J connectivity index is 3.02.